The molecule has 1 heterocycles. The fraction of sp³-hybridized carbons (Fsp3) is 0.529. The van der Waals surface area contributed by atoms with Gasteiger partial charge in [-0.15, -0.1) is 0 Å². The van der Waals surface area contributed by atoms with E-state index in [-0.39, 0.29) is 5.91 Å². The van der Waals surface area contributed by atoms with Gasteiger partial charge >= 0.3 is 0 Å². The fourth-order valence-electron chi connectivity index (χ4n) is 2.86. The minimum absolute atomic E-state index is 0.0555. The van der Waals surface area contributed by atoms with Crippen LogP contribution in [0.4, 0.5) is 5.69 Å². The highest BCUT2D eigenvalue weighted by atomic mass is 16.1. The van der Waals surface area contributed by atoms with Crippen LogP contribution in [0.1, 0.15) is 52.5 Å². The molecule has 0 aliphatic carbocycles. The zero-order chi connectivity index (χ0) is 15.4. The summed E-state index contributed by atoms with van der Waals surface area (Å²) in [4.78, 5) is 11.1. The van der Waals surface area contributed by atoms with Crippen molar-refractivity contribution in [2.24, 2.45) is 5.10 Å². The molecule has 0 radical (unpaired) electrons. The van der Waals surface area contributed by atoms with Crippen molar-refractivity contribution in [3.63, 3.8) is 0 Å². The van der Waals surface area contributed by atoms with Gasteiger partial charge in [0.05, 0.1) is 5.71 Å². The summed E-state index contributed by atoms with van der Waals surface area (Å²) in [5, 5.41) is 9.87. The lowest BCUT2D eigenvalue weighted by molar-refractivity contribution is -0.114. The summed E-state index contributed by atoms with van der Waals surface area (Å²) in [6, 6.07) is 8.82. The number of hydrazone groups is 1. The highest BCUT2D eigenvalue weighted by Crippen LogP contribution is 2.23. The van der Waals surface area contributed by atoms with Gasteiger partial charge in [-0.1, -0.05) is 12.1 Å². The molecule has 0 saturated carbocycles. The van der Waals surface area contributed by atoms with Crippen molar-refractivity contribution in [2.75, 3.05) is 5.32 Å². The normalized spacial score (nSPS) is 23.0. The van der Waals surface area contributed by atoms with Crippen molar-refractivity contribution in [3.8, 4) is 0 Å². The first-order chi connectivity index (χ1) is 9.97. The van der Waals surface area contributed by atoms with E-state index < -0.39 is 0 Å². The molecule has 4 nitrogen and oxygen atoms in total. The van der Waals surface area contributed by atoms with Crippen molar-refractivity contribution in [1.82, 2.24) is 5.01 Å². The lowest BCUT2D eigenvalue weighted by Crippen LogP contribution is -2.40. The molecular weight excluding hydrogens is 262 g/mol. The molecule has 1 aliphatic rings. The van der Waals surface area contributed by atoms with Crippen LogP contribution in [-0.4, -0.2) is 28.7 Å². The number of carbonyl (C=O) groups is 1. The number of anilines is 1. The summed E-state index contributed by atoms with van der Waals surface area (Å²) in [6.07, 6.45) is 3.69. The first-order valence-corrected chi connectivity index (χ1v) is 7.69. The van der Waals surface area contributed by atoms with Crippen LogP contribution in [0.15, 0.2) is 29.4 Å². The Morgan fingerprint density at radius 1 is 1.24 bits per heavy atom. The van der Waals surface area contributed by atoms with Crippen LogP contribution in [0.25, 0.3) is 0 Å². The standard InChI is InChI=1S/C17H25N3O/c1-12-7-5-8-13(2)20(12)19-14(3)16-9-6-10-17(11-16)18-15(4)21/h6,9-13H,5,7-8H2,1-4H3,(H,18,21)/b19-14+. The van der Waals surface area contributed by atoms with Gasteiger partial charge in [-0.2, -0.15) is 5.10 Å². The van der Waals surface area contributed by atoms with Gasteiger partial charge in [-0.25, -0.2) is 0 Å². The molecule has 21 heavy (non-hydrogen) atoms. The Hall–Kier alpha value is -1.84. The van der Waals surface area contributed by atoms with E-state index in [0.29, 0.717) is 12.1 Å². The number of carbonyl (C=O) groups excluding carboxylic acids is 1. The van der Waals surface area contributed by atoms with E-state index in [4.69, 9.17) is 5.10 Å². The molecular formula is C17H25N3O. The lowest BCUT2D eigenvalue weighted by Gasteiger charge is -2.37. The van der Waals surface area contributed by atoms with Crippen LogP contribution in [-0.2, 0) is 4.79 Å². The Kier molecular flexibility index (Phi) is 4.99. The predicted molar refractivity (Wildman–Crippen MR) is 87.6 cm³/mol. The number of piperidine rings is 1. The number of hydrogen-bond donors (Lipinski definition) is 1. The molecule has 1 saturated heterocycles. The van der Waals surface area contributed by atoms with Crippen LogP contribution in [0.5, 0.6) is 0 Å². The first kappa shape index (κ1) is 15.5. The minimum Gasteiger partial charge on any atom is -0.326 e. The molecule has 1 aromatic rings. The zero-order valence-corrected chi connectivity index (χ0v) is 13.4. The topological polar surface area (TPSA) is 44.7 Å². The molecule has 0 aromatic heterocycles. The van der Waals surface area contributed by atoms with Crippen LogP contribution in [0, 0.1) is 0 Å². The highest BCUT2D eigenvalue weighted by molar-refractivity contribution is 6.00. The second-order valence-corrected chi connectivity index (χ2v) is 5.96. The average Bonchev–Trinajstić information content (AvgIpc) is 2.42. The number of nitrogens with one attached hydrogen (secondary N) is 1. The van der Waals surface area contributed by atoms with E-state index >= 15 is 0 Å². The second kappa shape index (κ2) is 6.74. The summed E-state index contributed by atoms with van der Waals surface area (Å²) in [6.45, 7) is 8.02. The SMILES string of the molecule is CC(=O)Nc1cccc(/C(C)=N/N2C(C)CCCC2C)c1. The maximum absolute atomic E-state index is 11.1. The third-order valence-corrected chi connectivity index (χ3v) is 4.01. The molecule has 1 aromatic carbocycles. The van der Waals surface area contributed by atoms with Crippen molar-refractivity contribution in [2.45, 2.75) is 59.0 Å². The van der Waals surface area contributed by atoms with Gasteiger partial charge in [-0.05, 0) is 57.7 Å². The Balaban J connectivity index is 2.20. The number of hydrogen-bond acceptors (Lipinski definition) is 3. The first-order valence-electron chi connectivity index (χ1n) is 7.69. The molecule has 2 unspecified atom stereocenters. The van der Waals surface area contributed by atoms with E-state index in [1.807, 2.05) is 31.2 Å². The molecule has 2 rings (SSSR count). The van der Waals surface area contributed by atoms with E-state index in [2.05, 4.69) is 24.2 Å². The van der Waals surface area contributed by atoms with Gasteiger partial charge in [0.1, 0.15) is 0 Å². The van der Waals surface area contributed by atoms with Crippen LogP contribution < -0.4 is 5.32 Å². The zero-order valence-electron chi connectivity index (χ0n) is 13.4. The second-order valence-electron chi connectivity index (χ2n) is 5.96. The summed E-state index contributed by atoms with van der Waals surface area (Å²) < 4.78 is 0. The van der Waals surface area contributed by atoms with E-state index in [9.17, 15) is 4.79 Å². The van der Waals surface area contributed by atoms with Crippen molar-refractivity contribution in [1.29, 1.82) is 0 Å². The summed E-state index contributed by atoms with van der Waals surface area (Å²) in [5.74, 6) is -0.0555. The third-order valence-electron chi connectivity index (χ3n) is 4.01. The molecule has 1 N–H and O–H groups in total. The van der Waals surface area contributed by atoms with Crippen molar-refractivity contribution < 1.29 is 4.79 Å². The molecule has 0 spiro atoms. The molecule has 4 heteroatoms. The van der Waals surface area contributed by atoms with Crippen molar-refractivity contribution >= 4 is 17.3 Å². The molecule has 114 valence electrons. The van der Waals surface area contributed by atoms with Crippen LogP contribution in [0.2, 0.25) is 0 Å². The fourth-order valence-corrected chi connectivity index (χ4v) is 2.86. The van der Waals surface area contributed by atoms with Crippen LogP contribution in [0.3, 0.4) is 0 Å². The quantitative estimate of drug-likeness (QED) is 0.863. The number of nitrogens with zero attached hydrogens (tertiary/aromatic N) is 2. The highest BCUT2D eigenvalue weighted by Gasteiger charge is 2.23. The Labute approximate surface area is 127 Å². The lowest BCUT2D eigenvalue weighted by atomic mass is 10.00. The monoisotopic (exact) mass is 287 g/mol. The minimum atomic E-state index is -0.0555. The number of rotatable bonds is 3. The Morgan fingerprint density at radius 3 is 2.52 bits per heavy atom. The van der Waals surface area contributed by atoms with Crippen LogP contribution >= 0.6 is 0 Å². The van der Waals surface area contributed by atoms with Gasteiger partial charge < -0.3 is 5.32 Å². The van der Waals surface area contributed by atoms with E-state index in [1.165, 1.54) is 26.2 Å². The molecule has 2 atom stereocenters. The van der Waals surface area contributed by atoms with Gasteiger partial charge in [0.2, 0.25) is 5.91 Å². The van der Waals surface area contributed by atoms with Gasteiger partial charge in [0, 0.05) is 24.7 Å². The number of benzene rings is 1. The molecule has 1 aliphatic heterocycles. The smallest absolute Gasteiger partial charge is 0.221 e. The largest absolute Gasteiger partial charge is 0.326 e. The molecule has 0 bridgehead atoms. The third kappa shape index (κ3) is 4.06. The van der Waals surface area contributed by atoms with Gasteiger partial charge in [-0.3, -0.25) is 9.80 Å². The number of amides is 1. The summed E-state index contributed by atoms with van der Waals surface area (Å²) >= 11 is 0. The van der Waals surface area contributed by atoms with Gasteiger partial charge in [0.15, 0.2) is 0 Å². The van der Waals surface area contributed by atoms with Crippen molar-refractivity contribution in [3.05, 3.63) is 29.8 Å². The summed E-state index contributed by atoms with van der Waals surface area (Å²) in [7, 11) is 0. The molecule has 1 amide bonds. The maximum atomic E-state index is 11.1. The van der Waals surface area contributed by atoms with E-state index in [0.717, 1.165) is 17.0 Å². The van der Waals surface area contributed by atoms with E-state index in [1.54, 1.807) is 0 Å². The Bertz CT molecular complexity index is 529. The summed E-state index contributed by atoms with van der Waals surface area (Å²) in [5.41, 5.74) is 2.85. The average molecular weight is 287 g/mol. The molecule has 1 fully saturated rings. The Morgan fingerprint density at radius 2 is 1.90 bits per heavy atom. The maximum Gasteiger partial charge on any atom is 0.221 e. The van der Waals surface area contributed by atoms with Gasteiger partial charge in [0.25, 0.3) is 0 Å². The predicted octanol–water partition coefficient (Wildman–Crippen LogP) is 3.63.